The van der Waals surface area contributed by atoms with Crippen LogP contribution in [0.3, 0.4) is 0 Å². The van der Waals surface area contributed by atoms with Crippen LogP contribution in [0.15, 0.2) is 0 Å². The maximum Gasteiger partial charge on any atom is 0.224 e. The Morgan fingerprint density at radius 2 is 1.89 bits per heavy atom. The molecule has 19 heavy (non-hydrogen) atoms. The van der Waals surface area contributed by atoms with Gasteiger partial charge in [-0.2, -0.15) is 0 Å². The van der Waals surface area contributed by atoms with Crippen molar-refractivity contribution in [3.8, 4) is 0 Å². The predicted octanol–water partition coefficient (Wildman–Crippen LogP) is 0.477. The van der Waals surface area contributed by atoms with Gasteiger partial charge in [-0.25, -0.2) is 8.42 Å². The zero-order valence-corrected chi connectivity index (χ0v) is 12.6. The largest absolute Gasteiger partial charge is 0.353 e. The fourth-order valence-electron chi connectivity index (χ4n) is 2.98. The molecule has 1 saturated carbocycles. The van der Waals surface area contributed by atoms with Gasteiger partial charge in [0.15, 0.2) is 9.84 Å². The fraction of sp³-hybridized carbons (Fsp3) is 0.917. The molecule has 0 aromatic heterocycles. The molecule has 112 valence electrons. The minimum absolute atomic E-state index is 0. The average molecular weight is 311 g/mol. The molecule has 2 aliphatic rings. The molecule has 0 spiro atoms. The number of sulfone groups is 1. The Bertz CT molecular complexity index is 413. The SMILES string of the molecule is Cl.NCC1CCCCC1NC(=O)C1CCS(=O)(=O)C1. The van der Waals surface area contributed by atoms with E-state index in [-0.39, 0.29) is 41.8 Å². The summed E-state index contributed by atoms with van der Waals surface area (Å²) in [6.45, 7) is 0.591. The Kier molecular flexibility index (Phi) is 6.08. The minimum atomic E-state index is -2.99. The van der Waals surface area contributed by atoms with E-state index >= 15 is 0 Å². The third-order valence-electron chi connectivity index (χ3n) is 4.14. The van der Waals surface area contributed by atoms with E-state index in [0.717, 1.165) is 19.3 Å². The molecule has 2 rings (SSSR count). The predicted molar refractivity (Wildman–Crippen MR) is 77.0 cm³/mol. The third kappa shape index (κ3) is 4.33. The molecule has 0 aromatic rings. The first-order valence-electron chi connectivity index (χ1n) is 6.72. The van der Waals surface area contributed by atoms with Crippen molar-refractivity contribution in [2.75, 3.05) is 18.1 Å². The van der Waals surface area contributed by atoms with Crippen molar-refractivity contribution in [3.63, 3.8) is 0 Å². The number of hydrogen-bond acceptors (Lipinski definition) is 4. The highest BCUT2D eigenvalue weighted by atomic mass is 35.5. The molecule has 3 unspecified atom stereocenters. The Hall–Kier alpha value is -0.330. The van der Waals surface area contributed by atoms with Gasteiger partial charge in [0.05, 0.1) is 17.4 Å². The Morgan fingerprint density at radius 3 is 2.47 bits per heavy atom. The maximum absolute atomic E-state index is 12.0. The summed E-state index contributed by atoms with van der Waals surface area (Å²) >= 11 is 0. The number of rotatable bonds is 3. The molecular weight excluding hydrogens is 288 g/mol. The van der Waals surface area contributed by atoms with Crippen molar-refractivity contribution in [1.82, 2.24) is 5.32 Å². The van der Waals surface area contributed by atoms with Crippen LogP contribution in [0.2, 0.25) is 0 Å². The quantitative estimate of drug-likeness (QED) is 0.793. The van der Waals surface area contributed by atoms with Crippen molar-refractivity contribution in [3.05, 3.63) is 0 Å². The molecule has 0 radical (unpaired) electrons. The first-order valence-corrected chi connectivity index (χ1v) is 8.55. The molecular formula is C12H23ClN2O3S. The molecule has 5 nitrogen and oxygen atoms in total. The maximum atomic E-state index is 12.0. The van der Waals surface area contributed by atoms with Gasteiger partial charge in [-0.05, 0) is 31.7 Å². The molecule has 0 bridgehead atoms. The molecule has 1 aliphatic carbocycles. The summed E-state index contributed by atoms with van der Waals surface area (Å²) in [5.41, 5.74) is 5.72. The number of carbonyl (C=O) groups is 1. The summed E-state index contributed by atoms with van der Waals surface area (Å²) in [6.07, 6.45) is 4.78. The van der Waals surface area contributed by atoms with Crippen LogP contribution >= 0.6 is 12.4 Å². The lowest BCUT2D eigenvalue weighted by Crippen LogP contribution is -2.47. The lowest BCUT2D eigenvalue weighted by molar-refractivity contribution is -0.125. The normalized spacial score (nSPS) is 33.4. The van der Waals surface area contributed by atoms with Gasteiger partial charge in [-0.3, -0.25) is 4.79 Å². The van der Waals surface area contributed by atoms with Crippen LogP contribution in [0.25, 0.3) is 0 Å². The molecule has 3 atom stereocenters. The van der Waals surface area contributed by atoms with Crippen LogP contribution in [0.4, 0.5) is 0 Å². The zero-order chi connectivity index (χ0) is 13.2. The summed E-state index contributed by atoms with van der Waals surface area (Å²) in [4.78, 5) is 12.0. The highest BCUT2D eigenvalue weighted by Crippen LogP contribution is 2.25. The number of halogens is 1. The molecule has 7 heteroatoms. The van der Waals surface area contributed by atoms with Crippen molar-refractivity contribution in [1.29, 1.82) is 0 Å². The highest BCUT2D eigenvalue weighted by molar-refractivity contribution is 7.91. The van der Waals surface area contributed by atoms with Gasteiger partial charge < -0.3 is 11.1 Å². The van der Waals surface area contributed by atoms with E-state index < -0.39 is 9.84 Å². The van der Waals surface area contributed by atoms with Gasteiger partial charge in [-0.1, -0.05) is 12.8 Å². The molecule has 1 saturated heterocycles. The van der Waals surface area contributed by atoms with Crippen LogP contribution in [0, 0.1) is 11.8 Å². The van der Waals surface area contributed by atoms with Crippen LogP contribution < -0.4 is 11.1 Å². The van der Waals surface area contributed by atoms with Gasteiger partial charge in [0.2, 0.25) is 5.91 Å². The van der Waals surface area contributed by atoms with E-state index in [2.05, 4.69) is 5.32 Å². The van der Waals surface area contributed by atoms with Crippen LogP contribution in [-0.4, -0.2) is 38.4 Å². The van der Waals surface area contributed by atoms with Crippen molar-refractivity contribution >= 4 is 28.2 Å². The summed E-state index contributed by atoms with van der Waals surface area (Å²) < 4.78 is 22.7. The second-order valence-corrected chi connectivity index (χ2v) is 7.72. The first kappa shape index (κ1) is 16.7. The minimum Gasteiger partial charge on any atom is -0.353 e. The number of hydrogen-bond donors (Lipinski definition) is 2. The molecule has 1 amide bonds. The van der Waals surface area contributed by atoms with Crippen LogP contribution in [0.1, 0.15) is 32.1 Å². The van der Waals surface area contributed by atoms with Crippen molar-refractivity contribution in [2.24, 2.45) is 17.6 Å². The van der Waals surface area contributed by atoms with Crippen molar-refractivity contribution < 1.29 is 13.2 Å². The lowest BCUT2D eigenvalue weighted by atomic mass is 9.84. The van der Waals surface area contributed by atoms with Gasteiger partial charge in [0.25, 0.3) is 0 Å². The van der Waals surface area contributed by atoms with Gasteiger partial charge in [0, 0.05) is 6.04 Å². The van der Waals surface area contributed by atoms with E-state index in [9.17, 15) is 13.2 Å². The second kappa shape index (κ2) is 6.90. The summed E-state index contributed by atoms with van der Waals surface area (Å²) in [7, 11) is -2.99. The average Bonchev–Trinajstić information content (AvgIpc) is 2.70. The zero-order valence-electron chi connectivity index (χ0n) is 11.0. The smallest absolute Gasteiger partial charge is 0.224 e. The molecule has 3 N–H and O–H groups in total. The molecule has 0 aromatic carbocycles. The number of nitrogens with one attached hydrogen (secondary N) is 1. The van der Waals surface area contributed by atoms with Gasteiger partial charge in [-0.15, -0.1) is 12.4 Å². The fourth-order valence-corrected chi connectivity index (χ4v) is 4.72. The van der Waals surface area contributed by atoms with E-state index in [4.69, 9.17) is 5.73 Å². The Balaban J connectivity index is 0.00000180. The van der Waals surface area contributed by atoms with Gasteiger partial charge >= 0.3 is 0 Å². The highest BCUT2D eigenvalue weighted by Gasteiger charge is 2.35. The monoisotopic (exact) mass is 310 g/mol. The third-order valence-corrected chi connectivity index (χ3v) is 5.91. The lowest BCUT2D eigenvalue weighted by Gasteiger charge is -2.32. The standard InChI is InChI=1S/C12H22N2O3S.ClH/c13-7-9-3-1-2-4-11(9)14-12(15)10-5-6-18(16,17)8-10;/h9-11H,1-8,13H2,(H,14,15);1H. The summed E-state index contributed by atoms with van der Waals surface area (Å²) in [5, 5.41) is 3.02. The van der Waals surface area contributed by atoms with Gasteiger partial charge in [0.1, 0.15) is 0 Å². The summed E-state index contributed by atoms with van der Waals surface area (Å²) in [5.74, 6) is 0.0621. The number of amides is 1. The number of carbonyl (C=O) groups excluding carboxylic acids is 1. The first-order chi connectivity index (χ1) is 8.52. The summed E-state index contributed by atoms with van der Waals surface area (Å²) in [6, 6.07) is 0.138. The van der Waals surface area contributed by atoms with E-state index in [0.29, 0.717) is 18.9 Å². The molecule has 1 heterocycles. The van der Waals surface area contributed by atoms with Crippen molar-refractivity contribution in [2.45, 2.75) is 38.1 Å². The second-order valence-electron chi connectivity index (χ2n) is 5.50. The topological polar surface area (TPSA) is 89.3 Å². The Morgan fingerprint density at radius 1 is 1.21 bits per heavy atom. The van der Waals surface area contributed by atoms with E-state index in [1.165, 1.54) is 6.42 Å². The van der Waals surface area contributed by atoms with Crippen LogP contribution in [-0.2, 0) is 14.6 Å². The molecule has 2 fully saturated rings. The van der Waals surface area contributed by atoms with E-state index in [1.54, 1.807) is 0 Å². The Labute approximate surface area is 121 Å². The number of nitrogens with two attached hydrogens (primary N) is 1. The van der Waals surface area contributed by atoms with Crippen LogP contribution in [0.5, 0.6) is 0 Å². The van der Waals surface area contributed by atoms with E-state index in [1.807, 2.05) is 0 Å². The molecule has 1 aliphatic heterocycles.